The van der Waals surface area contributed by atoms with Crippen LogP contribution >= 0.6 is 0 Å². The Morgan fingerprint density at radius 3 is 2.39 bits per heavy atom. The van der Waals surface area contributed by atoms with E-state index >= 15 is 0 Å². The van der Waals surface area contributed by atoms with Crippen LogP contribution in [-0.4, -0.2) is 10.2 Å². The van der Waals surface area contributed by atoms with Gasteiger partial charge in [0.05, 0.1) is 0 Å². The molecule has 0 bridgehead atoms. The van der Waals surface area contributed by atoms with Crippen molar-refractivity contribution < 1.29 is 4.42 Å². The molecule has 18 heavy (non-hydrogen) atoms. The van der Waals surface area contributed by atoms with Crippen molar-refractivity contribution in [2.45, 2.75) is 71.1 Å². The van der Waals surface area contributed by atoms with Crippen LogP contribution in [0.5, 0.6) is 0 Å². The summed E-state index contributed by atoms with van der Waals surface area (Å²) in [6.07, 6.45) is 9.51. The van der Waals surface area contributed by atoms with Crippen LogP contribution in [0.3, 0.4) is 0 Å². The van der Waals surface area contributed by atoms with Crippen LogP contribution in [-0.2, 0) is 0 Å². The van der Waals surface area contributed by atoms with Crippen LogP contribution in [0.1, 0.15) is 82.9 Å². The van der Waals surface area contributed by atoms with Gasteiger partial charge in [0.2, 0.25) is 5.89 Å². The normalized spacial score (nSPS) is 12.3. The van der Waals surface area contributed by atoms with Crippen LogP contribution in [0.25, 0.3) is 0 Å². The number of rotatable bonds is 9. The fourth-order valence-corrected chi connectivity index (χ4v) is 2.10. The molecule has 1 aromatic rings. The predicted octanol–water partition coefficient (Wildman–Crippen LogP) is 4.19. The second-order valence-electron chi connectivity index (χ2n) is 4.75. The van der Waals surface area contributed by atoms with Gasteiger partial charge in [0.25, 0.3) is 0 Å². The van der Waals surface area contributed by atoms with Gasteiger partial charge in [0, 0.05) is 5.92 Å². The minimum atomic E-state index is 0.0834. The standard InChI is InChI=1S/C14H23N3O/c1-3-5-7-8-10-12(9-6-4-2)14-17-16-13(11-15)18-14/h12H,3-10H2,1-2H3. The Morgan fingerprint density at radius 1 is 1.06 bits per heavy atom. The monoisotopic (exact) mass is 249 g/mol. The summed E-state index contributed by atoms with van der Waals surface area (Å²) < 4.78 is 5.37. The van der Waals surface area contributed by atoms with Crippen molar-refractivity contribution in [1.29, 1.82) is 5.26 Å². The molecule has 0 aromatic carbocycles. The molecule has 0 radical (unpaired) electrons. The van der Waals surface area contributed by atoms with Gasteiger partial charge in [-0.25, -0.2) is 0 Å². The molecule has 4 nitrogen and oxygen atoms in total. The number of hydrogen-bond acceptors (Lipinski definition) is 4. The topological polar surface area (TPSA) is 62.7 Å². The lowest BCUT2D eigenvalue weighted by molar-refractivity contribution is 0.392. The van der Waals surface area contributed by atoms with Gasteiger partial charge in [-0.05, 0) is 12.8 Å². The Bertz CT molecular complexity index is 367. The van der Waals surface area contributed by atoms with Gasteiger partial charge in [-0.15, -0.1) is 5.10 Å². The third-order valence-electron chi connectivity index (χ3n) is 3.20. The zero-order valence-corrected chi connectivity index (χ0v) is 11.5. The first-order chi connectivity index (χ1) is 8.81. The van der Waals surface area contributed by atoms with E-state index in [2.05, 4.69) is 24.0 Å². The van der Waals surface area contributed by atoms with E-state index in [0.29, 0.717) is 11.8 Å². The van der Waals surface area contributed by atoms with Crippen LogP contribution in [0.2, 0.25) is 0 Å². The van der Waals surface area contributed by atoms with E-state index in [-0.39, 0.29) is 5.89 Å². The molecule has 0 saturated carbocycles. The quantitative estimate of drug-likeness (QED) is 0.616. The maximum atomic E-state index is 8.71. The van der Waals surface area contributed by atoms with Gasteiger partial charge in [-0.3, -0.25) is 0 Å². The van der Waals surface area contributed by atoms with Crippen molar-refractivity contribution in [2.75, 3.05) is 0 Å². The molecule has 1 unspecified atom stereocenters. The van der Waals surface area contributed by atoms with Crippen molar-refractivity contribution in [3.05, 3.63) is 11.8 Å². The van der Waals surface area contributed by atoms with E-state index in [4.69, 9.17) is 9.68 Å². The Morgan fingerprint density at radius 2 is 1.78 bits per heavy atom. The summed E-state index contributed by atoms with van der Waals surface area (Å²) in [5.41, 5.74) is 0. The van der Waals surface area contributed by atoms with Gasteiger partial charge in [0.15, 0.2) is 6.07 Å². The van der Waals surface area contributed by atoms with E-state index in [0.717, 1.165) is 12.8 Å². The van der Waals surface area contributed by atoms with Gasteiger partial charge < -0.3 is 4.42 Å². The van der Waals surface area contributed by atoms with E-state index in [1.807, 2.05) is 6.07 Å². The third-order valence-corrected chi connectivity index (χ3v) is 3.20. The second kappa shape index (κ2) is 8.68. The molecule has 0 saturated heterocycles. The number of hydrogen-bond donors (Lipinski definition) is 0. The second-order valence-corrected chi connectivity index (χ2v) is 4.75. The average molecular weight is 249 g/mol. The Hall–Kier alpha value is -1.37. The van der Waals surface area contributed by atoms with Crippen molar-refractivity contribution in [3.8, 4) is 6.07 Å². The molecule has 1 heterocycles. The average Bonchev–Trinajstić information content (AvgIpc) is 2.86. The lowest BCUT2D eigenvalue weighted by Gasteiger charge is -2.11. The lowest BCUT2D eigenvalue weighted by Crippen LogP contribution is -2.00. The maximum Gasteiger partial charge on any atom is 0.321 e. The van der Waals surface area contributed by atoms with Crippen molar-refractivity contribution in [3.63, 3.8) is 0 Å². The van der Waals surface area contributed by atoms with Gasteiger partial charge >= 0.3 is 5.89 Å². The summed E-state index contributed by atoms with van der Waals surface area (Å²) in [6, 6.07) is 1.89. The molecule has 100 valence electrons. The largest absolute Gasteiger partial charge is 0.413 e. The molecule has 1 rings (SSSR count). The summed E-state index contributed by atoms with van der Waals surface area (Å²) in [4.78, 5) is 0. The Kier molecular flexibility index (Phi) is 7.09. The molecule has 1 aromatic heterocycles. The third kappa shape index (κ3) is 4.87. The summed E-state index contributed by atoms with van der Waals surface area (Å²) in [5, 5.41) is 16.4. The van der Waals surface area contributed by atoms with Crippen LogP contribution < -0.4 is 0 Å². The van der Waals surface area contributed by atoms with E-state index in [1.54, 1.807) is 0 Å². The van der Waals surface area contributed by atoms with Crippen LogP contribution in [0.15, 0.2) is 4.42 Å². The first-order valence-corrected chi connectivity index (χ1v) is 7.05. The summed E-state index contributed by atoms with van der Waals surface area (Å²) >= 11 is 0. The van der Waals surface area contributed by atoms with Crippen molar-refractivity contribution >= 4 is 0 Å². The van der Waals surface area contributed by atoms with Gasteiger partial charge in [-0.1, -0.05) is 57.5 Å². The highest BCUT2D eigenvalue weighted by Crippen LogP contribution is 2.27. The SMILES string of the molecule is CCCCCCC(CCCC)c1nnc(C#N)o1. The zero-order valence-electron chi connectivity index (χ0n) is 11.5. The number of nitriles is 1. The first kappa shape index (κ1) is 14.7. The molecule has 0 amide bonds. The smallest absolute Gasteiger partial charge is 0.321 e. The Balaban J connectivity index is 2.51. The summed E-state index contributed by atoms with van der Waals surface area (Å²) in [6.45, 7) is 4.40. The fraction of sp³-hybridized carbons (Fsp3) is 0.786. The summed E-state index contributed by atoms with van der Waals surface area (Å²) in [7, 11) is 0. The molecule has 0 aliphatic carbocycles. The molecule has 0 aliphatic heterocycles. The highest BCUT2D eigenvalue weighted by molar-refractivity contribution is 5.04. The Labute approximate surface area is 109 Å². The molecule has 4 heteroatoms. The maximum absolute atomic E-state index is 8.71. The molecule has 0 spiro atoms. The predicted molar refractivity (Wildman–Crippen MR) is 70.0 cm³/mol. The van der Waals surface area contributed by atoms with Gasteiger partial charge in [0.1, 0.15) is 0 Å². The minimum Gasteiger partial charge on any atom is -0.413 e. The molecule has 0 fully saturated rings. The van der Waals surface area contributed by atoms with E-state index in [9.17, 15) is 0 Å². The van der Waals surface area contributed by atoms with Crippen LogP contribution in [0.4, 0.5) is 0 Å². The number of aromatic nitrogens is 2. The van der Waals surface area contributed by atoms with Crippen molar-refractivity contribution in [2.24, 2.45) is 0 Å². The molecule has 0 aliphatic rings. The minimum absolute atomic E-state index is 0.0834. The fourth-order valence-electron chi connectivity index (χ4n) is 2.10. The molecule has 1 atom stereocenters. The zero-order chi connectivity index (χ0) is 13.2. The highest BCUT2D eigenvalue weighted by Gasteiger charge is 2.17. The lowest BCUT2D eigenvalue weighted by atomic mass is 9.95. The molecular formula is C14H23N3O. The van der Waals surface area contributed by atoms with Crippen molar-refractivity contribution in [1.82, 2.24) is 10.2 Å². The number of nitrogens with zero attached hydrogens (tertiary/aromatic N) is 3. The first-order valence-electron chi connectivity index (χ1n) is 7.05. The van der Waals surface area contributed by atoms with E-state index in [1.165, 1.54) is 38.5 Å². The van der Waals surface area contributed by atoms with Gasteiger partial charge in [-0.2, -0.15) is 5.26 Å². The molecular weight excluding hydrogens is 226 g/mol. The molecule has 0 N–H and O–H groups in total. The van der Waals surface area contributed by atoms with E-state index < -0.39 is 0 Å². The number of unbranched alkanes of at least 4 members (excludes halogenated alkanes) is 4. The highest BCUT2D eigenvalue weighted by atomic mass is 16.4. The summed E-state index contributed by atoms with van der Waals surface area (Å²) in [5.74, 6) is 1.06. The van der Waals surface area contributed by atoms with Crippen LogP contribution in [0, 0.1) is 11.3 Å².